The van der Waals surface area contributed by atoms with E-state index in [2.05, 4.69) is 4.98 Å². The molecule has 0 saturated carbocycles. The lowest BCUT2D eigenvalue weighted by Gasteiger charge is -2.07. The molecule has 20 heavy (non-hydrogen) atoms. The Balaban J connectivity index is 1.84. The molecule has 1 heterocycles. The molecule has 0 fully saturated rings. The lowest BCUT2D eigenvalue weighted by molar-refractivity contribution is 0.0690. The van der Waals surface area contributed by atoms with Crippen LogP contribution in [0.5, 0.6) is 5.75 Å². The lowest BCUT2D eigenvalue weighted by atomic mass is 10.2. The van der Waals surface area contributed by atoms with Crippen LogP contribution in [0, 0.1) is 9.39 Å². The van der Waals surface area contributed by atoms with E-state index in [-0.39, 0.29) is 17.3 Å². The number of aromatic nitrogens is 1. The molecule has 106 valence electrons. The van der Waals surface area contributed by atoms with E-state index >= 15 is 0 Å². The van der Waals surface area contributed by atoms with Crippen LogP contribution >= 0.6 is 33.9 Å². The Kier molecular flexibility index (Phi) is 5.30. The first-order valence-corrected chi connectivity index (χ1v) is 7.77. The second-order valence-corrected chi connectivity index (χ2v) is 6.14. The topological polar surface area (TPSA) is 59.4 Å². The number of carboxylic acid groups (broad SMARTS) is 1. The van der Waals surface area contributed by atoms with E-state index < -0.39 is 5.97 Å². The summed E-state index contributed by atoms with van der Waals surface area (Å²) >= 11 is 3.33. The molecule has 0 spiro atoms. The van der Waals surface area contributed by atoms with Gasteiger partial charge < -0.3 is 9.84 Å². The number of aryl methyl sites for hydroxylation is 1. The van der Waals surface area contributed by atoms with E-state index in [9.17, 15) is 9.18 Å². The first kappa shape index (κ1) is 15.2. The van der Waals surface area contributed by atoms with Crippen LogP contribution in [0.2, 0.25) is 0 Å². The van der Waals surface area contributed by atoms with Crippen LogP contribution in [0.25, 0.3) is 0 Å². The monoisotopic (exact) mass is 407 g/mol. The van der Waals surface area contributed by atoms with Gasteiger partial charge in [-0.3, -0.25) is 0 Å². The number of hydrogen-bond acceptors (Lipinski definition) is 4. The number of halogens is 2. The summed E-state index contributed by atoms with van der Waals surface area (Å²) in [5, 5.41) is 8.91. The van der Waals surface area contributed by atoms with Crippen molar-refractivity contribution >= 4 is 39.9 Å². The zero-order chi connectivity index (χ0) is 14.5. The Hall–Kier alpha value is -1.22. The number of carboxylic acids is 1. The summed E-state index contributed by atoms with van der Waals surface area (Å²) in [6.45, 7) is 0.328. The van der Waals surface area contributed by atoms with E-state index in [1.165, 1.54) is 22.9 Å². The van der Waals surface area contributed by atoms with Crippen LogP contribution in [0.4, 0.5) is 4.39 Å². The maximum Gasteiger partial charge on any atom is 0.355 e. The Labute approximate surface area is 132 Å². The summed E-state index contributed by atoms with van der Waals surface area (Å²) in [5.41, 5.74) is 1.61. The highest BCUT2D eigenvalue weighted by atomic mass is 127. The number of nitrogens with zero attached hydrogens (tertiary/aromatic N) is 1. The number of thiazole rings is 1. The van der Waals surface area contributed by atoms with Gasteiger partial charge in [0.05, 0.1) is 12.1 Å². The molecule has 0 atom stereocenters. The SMILES string of the molecule is O=C(O)c1ncsc1CCCOc1ccc(I)cc1F. The third-order valence-electron chi connectivity index (χ3n) is 2.54. The van der Waals surface area contributed by atoms with Gasteiger partial charge in [0, 0.05) is 8.45 Å². The molecule has 1 aromatic heterocycles. The van der Waals surface area contributed by atoms with E-state index in [4.69, 9.17) is 9.84 Å². The Morgan fingerprint density at radius 3 is 3.00 bits per heavy atom. The van der Waals surface area contributed by atoms with E-state index in [0.717, 1.165) is 3.57 Å². The highest BCUT2D eigenvalue weighted by Crippen LogP contribution is 2.20. The van der Waals surface area contributed by atoms with Crippen LogP contribution in [0.3, 0.4) is 0 Å². The van der Waals surface area contributed by atoms with Gasteiger partial charge in [-0.2, -0.15) is 0 Å². The molecule has 4 nitrogen and oxygen atoms in total. The summed E-state index contributed by atoms with van der Waals surface area (Å²) in [6.07, 6.45) is 1.16. The standard InChI is InChI=1S/C13H11FINO3S/c14-9-6-8(15)3-4-10(9)19-5-1-2-11-12(13(17)18)16-7-20-11/h3-4,6-7H,1-2,5H2,(H,17,18). The number of aromatic carboxylic acids is 1. The zero-order valence-corrected chi connectivity index (χ0v) is 13.3. The molecule has 0 aliphatic carbocycles. The molecule has 2 rings (SSSR count). The largest absolute Gasteiger partial charge is 0.491 e. The minimum atomic E-state index is -1.02. The molecule has 0 amide bonds. The van der Waals surface area contributed by atoms with Crippen molar-refractivity contribution in [2.45, 2.75) is 12.8 Å². The number of carbonyl (C=O) groups is 1. The van der Waals surface area contributed by atoms with Crippen LogP contribution in [-0.4, -0.2) is 22.7 Å². The Morgan fingerprint density at radius 1 is 1.50 bits per heavy atom. The third-order valence-corrected chi connectivity index (χ3v) is 4.11. The molecule has 7 heteroatoms. The molecule has 2 aromatic rings. The average molecular weight is 407 g/mol. The van der Waals surface area contributed by atoms with Crippen molar-refractivity contribution in [3.05, 3.63) is 43.7 Å². The summed E-state index contributed by atoms with van der Waals surface area (Å²) in [7, 11) is 0. The molecule has 0 aliphatic rings. The molecule has 0 radical (unpaired) electrons. The molecule has 0 unspecified atom stereocenters. The van der Waals surface area contributed by atoms with E-state index in [1.807, 2.05) is 22.6 Å². The van der Waals surface area contributed by atoms with Gasteiger partial charge in [-0.1, -0.05) is 0 Å². The molecule has 0 saturated heterocycles. The minimum absolute atomic E-state index is 0.0930. The summed E-state index contributed by atoms with van der Waals surface area (Å²) in [4.78, 5) is 15.4. The zero-order valence-electron chi connectivity index (χ0n) is 10.3. The van der Waals surface area contributed by atoms with Crippen molar-refractivity contribution in [1.82, 2.24) is 4.98 Å². The molecular weight excluding hydrogens is 396 g/mol. The van der Waals surface area contributed by atoms with E-state index in [0.29, 0.717) is 24.3 Å². The van der Waals surface area contributed by atoms with Gasteiger partial charge in [0.1, 0.15) is 0 Å². The predicted octanol–water partition coefficient (Wildman–Crippen LogP) is 3.60. The van der Waals surface area contributed by atoms with Crippen molar-refractivity contribution in [3.63, 3.8) is 0 Å². The van der Waals surface area contributed by atoms with Gasteiger partial charge in [-0.25, -0.2) is 14.2 Å². The number of rotatable bonds is 6. The predicted molar refractivity (Wildman–Crippen MR) is 82.0 cm³/mol. The summed E-state index contributed by atoms with van der Waals surface area (Å²) in [6, 6.07) is 4.76. The Morgan fingerprint density at radius 2 is 2.30 bits per heavy atom. The highest BCUT2D eigenvalue weighted by molar-refractivity contribution is 14.1. The van der Waals surface area contributed by atoms with Crippen LogP contribution in [0.15, 0.2) is 23.7 Å². The maximum atomic E-state index is 13.5. The summed E-state index contributed by atoms with van der Waals surface area (Å²) in [5.74, 6) is -1.19. The number of ether oxygens (including phenoxy) is 1. The maximum absolute atomic E-state index is 13.5. The molecule has 1 aromatic carbocycles. The van der Waals surface area contributed by atoms with E-state index in [1.54, 1.807) is 12.1 Å². The Bertz CT molecular complexity index is 617. The van der Waals surface area contributed by atoms with Gasteiger partial charge in [0.15, 0.2) is 17.3 Å². The van der Waals surface area contributed by atoms with Crippen molar-refractivity contribution < 1.29 is 19.0 Å². The molecule has 0 bridgehead atoms. The number of hydrogen-bond donors (Lipinski definition) is 1. The minimum Gasteiger partial charge on any atom is -0.491 e. The number of benzene rings is 1. The fraction of sp³-hybridized carbons (Fsp3) is 0.231. The molecule has 0 aliphatic heterocycles. The van der Waals surface area contributed by atoms with Gasteiger partial charge in [-0.05, 0) is 53.6 Å². The second-order valence-electron chi connectivity index (χ2n) is 3.96. The van der Waals surface area contributed by atoms with Gasteiger partial charge >= 0.3 is 5.97 Å². The quantitative estimate of drug-likeness (QED) is 0.588. The van der Waals surface area contributed by atoms with Gasteiger partial charge in [-0.15, -0.1) is 11.3 Å². The third kappa shape index (κ3) is 3.89. The molecule has 1 N–H and O–H groups in total. The summed E-state index contributed by atoms with van der Waals surface area (Å²) < 4.78 is 19.7. The fourth-order valence-corrected chi connectivity index (χ4v) is 2.88. The van der Waals surface area contributed by atoms with Crippen LogP contribution in [-0.2, 0) is 6.42 Å². The lowest BCUT2D eigenvalue weighted by Crippen LogP contribution is -2.04. The van der Waals surface area contributed by atoms with Crippen molar-refractivity contribution in [2.24, 2.45) is 0 Å². The van der Waals surface area contributed by atoms with Crippen LogP contribution < -0.4 is 4.74 Å². The van der Waals surface area contributed by atoms with Crippen molar-refractivity contribution in [3.8, 4) is 5.75 Å². The average Bonchev–Trinajstić information content (AvgIpc) is 2.85. The smallest absolute Gasteiger partial charge is 0.355 e. The van der Waals surface area contributed by atoms with Crippen molar-refractivity contribution in [1.29, 1.82) is 0 Å². The normalized spacial score (nSPS) is 10.5. The van der Waals surface area contributed by atoms with Crippen molar-refractivity contribution in [2.75, 3.05) is 6.61 Å². The van der Waals surface area contributed by atoms with Crippen LogP contribution in [0.1, 0.15) is 21.8 Å². The second kappa shape index (κ2) is 6.98. The van der Waals surface area contributed by atoms with Gasteiger partial charge in [0.25, 0.3) is 0 Å². The molecular formula is C13H11FINO3S. The first-order valence-electron chi connectivity index (χ1n) is 5.81. The highest BCUT2D eigenvalue weighted by Gasteiger charge is 2.13. The van der Waals surface area contributed by atoms with Gasteiger partial charge in [0.2, 0.25) is 0 Å². The first-order chi connectivity index (χ1) is 9.58. The fourth-order valence-electron chi connectivity index (χ4n) is 1.63.